The second-order valence-electron chi connectivity index (χ2n) is 8.83. The summed E-state index contributed by atoms with van der Waals surface area (Å²) < 4.78 is 8.86. The molecule has 0 atom stereocenters. The smallest absolute Gasteiger partial charge is 0.266 e. The molecule has 0 saturated carbocycles. The standard InChI is InChI=1S/C30H28N2O2S2/c1-22-10-5-8-15-27(22)34-19-9-17-31-21-24(25-13-6-7-14-26(25)31)20-28-29(33)32(30(35)36-28)18-16-23-11-3-2-4-12-23/h2-8,10-15,20-21H,9,16-19H2,1H3/b28-20-. The molecule has 1 saturated heterocycles. The summed E-state index contributed by atoms with van der Waals surface area (Å²) in [6, 6.07) is 26.6. The number of benzene rings is 3. The minimum absolute atomic E-state index is 0.00982. The predicted octanol–water partition coefficient (Wildman–Crippen LogP) is 6.86. The number of rotatable bonds is 9. The third-order valence-corrected chi connectivity index (χ3v) is 7.72. The normalized spacial score (nSPS) is 14.8. The minimum Gasteiger partial charge on any atom is -0.493 e. The highest BCUT2D eigenvalue weighted by Crippen LogP contribution is 2.34. The van der Waals surface area contributed by atoms with Crippen molar-refractivity contribution in [3.63, 3.8) is 0 Å². The molecule has 6 heteroatoms. The number of aryl methyl sites for hydroxylation is 2. The van der Waals surface area contributed by atoms with E-state index in [0.717, 1.165) is 47.2 Å². The lowest BCUT2D eigenvalue weighted by atomic mass is 10.1. The van der Waals surface area contributed by atoms with Crippen LogP contribution in [-0.2, 0) is 17.8 Å². The molecular formula is C30H28N2O2S2. The summed E-state index contributed by atoms with van der Waals surface area (Å²) in [7, 11) is 0. The summed E-state index contributed by atoms with van der Waals surface area (Å²) in [6.45, 7) is 4.13. The lowest BCUT2D eigenvalue weighted by Gasteiger charge is -2.14. The molecule has 36 heavy (non-hydrogen) atoms. The van der Waals surface area contributed by atoms with E-state index in [-0.39, 0.29) is 5.91 Å². The number of aromatic nitrogens is 1. The maximum atomic E-state index is 13.2. The van der Waals surface area contributed by atoms with Gasteiger partial charge in [-0.25, -0.2) is 0 Å². The molecule has 1 aliphatic heterocycles. The zero-order valence-electron chi connectivity index (χ0n) is 20.2. The molecule has 3 aromatic carbocycles. The highest BCUT2D eigenvalue weighted by molar-refractivity contribution is 8.26. The van der Waals surface area contributed by atoms with Crippen molar-refractivity contribution in [1.29, 1.82) is 0 Å². The van der Waals surface area contributed by atoms with Gasteiger partial charge in [0.2, 0.25) is 0 Å². The average Bonchev–Trinajstić information content (AvgIpc) is 3.38. The summed E-state index contributed by atoms with van der Waals surface area (Å²) in [6.07, 6.45) is 5.79. The molecule has 4 aromatic rings. The molecule has 0 radical (unpaired) electrons. The molecule has 182 valence electrons. The zero-order chi connectivity index (χ0) is 24.9. The first-order valence-corrected chi connectivity index (χ1v) is 13.4. The Kier molecular flexibility index (Phi) is 7.54. The Morgan fingerprint density at radius 2 is 1.69 bits per heavy atom. The number of ether oxygens (including phenoxy) is 1. The van der Waals surface area contributed by atoms with E-state index in [1.165, 1.54) is 17.3 Å². The van der Waals surface area contributed by atoms with Gasteiger partial charge in [0.05, 0.1) is 11.5 Å². The highest BCUT2D eigenvalue weighted by Gasteiger charge is 2.31. The monoisotopic (exact) mass is 512 g/mol. The van der Waals surface area contributed by atoms with E-state index in [0.29, 0.717) is 22.4 Å². The Morgan fingerprint density at radius 3 is 2.53 bits per heavy atom. The fourth-order valence-electron chi connectivity index (χ4n) is 4.43. The number of nitrogens with zero attached hydrogens (tertiary/aromatic N) is 2. The Labute approximate surface area is 221 Å². The third-order valence-electron chi connectivity index (χ3n) is 6.34. The number of para-hydroxylation sites is 2. The van der Waals surface area contributed by atoms with Crippen molar-refractivity contribution in [3.05, 3.63) is 107 Å². The van der Waals surface area contributed by atoms with Gasteiger partial charge in [-0.05, 0) is 49.1 Å². The first-order chi connectivity index (χ1) is 17.6. The van der Waals surface area contributed by atoms with Crippen LogP contribution in [0.3, 0.4) is 0 Å². The van der Waals surface area contributed by atoms with Gasteiger partial charge in [-0.15, -0.1) is 0 Å². The lowest BCUT2D eigenvalue weighted by molar-refractivity contribution is -0.122. The van der Waals surface area contributed by atoms with E-state index in [9.17, 15) is 4.79 Å². The van der Waals surface area contributed by atoms with Gasteiger partial charge >= 0.3 is 0 Å². The van der Waals surface area contributed by atoms with E-state index in [2.05, 4.69) is 54.1 Å². The molecule has 1 aliphatic rings. The van der Waals surface area contributed by atoms with Gasteiger partial charge in [0.15, 0.2) is 0 Å². The summed E-state index contributed by atoms with van der Waals surface area (Å²) in [5.41, 5.74) is 4.53. The van der Waals surface area contributed by atoms with Crippen LogP contribution in [0.4, 0.5) is 0 Å². The fraction of sp³-hybridized carbons (Fsp3) is 0.200. The van der Waals surface area contributed by atoms with E-state index < -0.39 is 0 Å². The van der Waals surface area contributed by atoms with Crippen molar-refractivity contribution in [3.8, 4) is 5.75 Å². The van der Waals surface area contributed by atoms with Crippen molar-refractivity contribution < 1.29 is 9.53 Å². The highest BCUT2D eigenvalue weighted by atomic mass is 32.2. The van der Waals surface area contributed by atoms with Crippen LogP contribution in [0.5, 0.6) is 5.75 Å². The fourth-order valence-corrected chi connectivity index (χ4v) is 5.73. The molecule has 2 heterocycles. The van der Waals surface area contributed by atoms with Gasteiger partial charge in [-0.3, -0.25) is 9.69 Å². The number of amides is 1. The quantitative estimate of drug-likeness (QED) is 0.139. The first kappa shape index (κ1) is 24.3. The maximum absolute atomic E-state index is 13.2. The van der Waals surface area contributed by atoms with Crippen LogP contribution >= 0.6 is 24.0 Å². The zero-order valence-corrected chi connectivity index (χ0v) is 21.9. The molecule has 5 rings (SSSR count). The van der Waals surface area contributed by atoms with Gasteiger partial charge in [0, 0.05) is 35.8 Å². The first-order valence-electron chi connectivity index (χ1n) is 12.2. The summed E-state index contributed by atoms with van der Waals surface area (Å²) in [4.78, 5) is 15.6. The van der Waals surface area contributed by atoms with E-state index >= 15 is 0 Å². The van der Waals surface area contributed by atoms with Crippen molar-refractivity contribution in [2.24, 2.45) is 0 Å². The molecule has 0 N–H and O–H groups in total. The van der Waals surface area contributed by atoms with Crippen molar-refractivity contribution in [2.45, 2.75) is 26.3 Å². The van der Waals surface area contributed by atoms with Gasteiger partial charge in [0.25, 0.3) is 5.91 Å². The lowest BCUT2D eigenvalue weighted by Crippen LogP contribution is -2.30. The number of thiocarbonyl (C=S) groups is 1. The van der Waals surface area contributed by atoms with Crippen LogP contribution in [0.1, 0.15) is 23.1 Å². The Morgan fingerprint density at radius 1 is 0.944 bits per heavy atom. The Hall–Kier alpha value is -3.35. The predicted molar refractivity (Wildman–Crippen MR) is 153 cm³/mol. The molecule has 1 aromatic heterocycles. The molecule has 0 bridgehead atoms. The van der Waals surface area contributed by atoms with Gasteiger partial charge < -0.3 is 9.30 Å². The molecule has 4 nitrogen and oxygen atoms in total. The van der Waals surface area contributed by atoms with Gasteiger partial charge in [-0.1, -0.05) is 90.7 Å². The van der Waals surface area contributed by atoms with Crippen LogP contribution in [0.2, 0.25) is 0 Å². The molecule has 0 spiro atoms. The molecule has 0 aliphatic carbocycles. The summed E-state index contributed by atoms with van der Waals surface area (Å²) >= 11 is 6.95. The number of carbonyl (C=O) groups excluding carboxylic acids is 1. The average molecular weight is 513 g/mol. The Bertz CT molecular complexity index is 1430. The molecule has 1 amide bonds. The van der Waals surface area contributed by atoms with Crippen molar-refractivity contribution in [2.75, 3.05) is 13.2 Å². The van der Waals surface area contributed by atoms with Crippen LogP contribution in [0.25, 0.3) is 17.0 Å². The van der Waals surface area contributed by atoms with Gasteiger partial charge in [-0.2, -0.15) is 0 Å². The summed E-state index contributed by atoms with van der Waals surface area (Å²) in [5, 5.41) is 1.13. The second-order valence-corrected chi connectivity index (χ2v) is 10.5. The van der Waals surface area contributed by atoms with Crippen molar-refractivity contribution in [1.82, 2.24) is 9.47 Å². The molecule has 1 fully saturated rings. The van der Waals surface area contributed by atoms with Crippen LogP contribution in [-0.4, -0.2) is 32.8 Å². The van der Waals surface area contributed by atoms with E-state index in [4.69, 9.17) is 17.0 Å². The SMILES string of the molecule is Cc1ccccc1OCCCn1cc(/C=C2\SC(=S)N(CCc3ccccc3)C2=O)c2ccccc21. The second kappa shape index (κ2) is 11.1. The van der Waals surface area contributed by atoms with Crippen LogP contribution in [0.15, 0.2) is 90.0 Å². The van der Waals surface area contributed by atoms with Crippen molar-refractivity contribution >= 4 is 51.2 Å². The topological polar surface area (TPSA) is 34.5 Å². The number of thioether (sulfide) groups is 1. The number of carbonyl (C=O) groups is 1. The van der Waals surface area contributed by atoms with Gasteiger partial charge in [0.1, 0.15) is 10.1 Å². The third kappa shape index (κ3) is 5.40. The summed E-state index contributed by atoms with van der Waals surface area (Å²) in [5.74, 6) is 0.925. The largest absolute Gasteiger partial charge is 0.493 e. The van der Waals surface area contributed by atoms with Crippen LogP contribution in [0, 0.1) is 6.92 Å². The minimum atomic E-state index is -0.00982. The molecular weight excluding hydrogens is 484 g/mol. The van der Waals surface area contributed by atoms with Crippen LogP contribution < -0.4 is 4.74 Å². The van der Waals surface area contributed by atoms with E-state index in [1.54, 1.807) is 4.90 Å². The number of hydrogen-bond acceptors (Lipinski definition) is 4. The number of hydrogen-bond donors (Lipinski definition) is 0. The number of fused-ring (bicyclic) bond motifs is 1. The Balaban J connectivity index is 1.29. The molecule has 0 unspecified atom stereocenters. The maximum Gasteiger partial charge on any atom is 0.266 e. The van der Waals surface area contributed by atoms with E-state index in [1.807, 2.05) is 48.5 Å².